The third-order valence-corrected chi connectivity index (χ3v) is 3.56. The summed E-state index contributed by atoms with van der Waals surface area (Å²) in [4.78, 5) is 15.9. The zero-order valence-electron chi connectivity index (χ0n) is 14.2. The van der Waals surface area contributed by atoms with Gasteiger partial charge in [0.25, 0.3) is 0 Å². The third-order valence-electron chi connectivity index (χ3n) is 3.56. The molecular formula is C19H14F3N3O3. The van der Waals surface area contributed by atoms with Crippen LogP contribution in [-0.2, 0) is 6.18 Å². The second-order valence-electron chi connectivity index (χ2n) is 5.62. The zero-order chi connectivity index (χ0) is 20.1. The number of halogens is 3. The van der Waals surface area contributed by atoms with Crippen LogP contribution in [0.5, 0.6) is 17.2 Å². The second-order valence-corrected chi connectivity index (χ2v) is 5.62. The van der Waals surface area contributed by atoms with E-state index in [0.29, 0.717) is 23.3 Å². The molecule has 2 aromatic carbocycles. The molecule has 0 saturated heterocycles. The zero-order valence-corrected chi connectivity index (χ0v) is 14.2. The molecule has 144 valence electrons. The molecule has 0 saturated carbocycles. The van der Waals surface area contributed by atoms with Crippen molar-refractivity contribution in [3.05, 3.63) is 72.6 Å². The molecule has 0 bridgehead atoms. The van der Waals surface area contributed by atoms with Crippen LogP contribution in [0.2, 0.25) is 0 Å². The number of benzene rings is 2. The van der Waals surface area contributed by atoms with E-state index >= 15 is 0 Å². The predicted molar refractivity (Wildman–Crippen MR) is 96.5 cm³/mol. The quantitative estimate of drug-likeness (QED) is 0.533. The number of carbonyl (C=O) groups is 1. The van der Waals surface area contributed by atoms with Gasteiger partial charge in [-0.3, -0.25) is 4.98 Å². The molecule has 0 aliphatic carbocycles. The van der Waals surface area contributed by atoms with E-state index in [0.717, 1.165) is 12.1 Å². The Labute approximate surface area is 157 Å². The number of phenolic OH excluding ortho intramolecular Hbond substituents is 1. The van der Waals surface area contributed by atoms with Crippen molar-refractivity contribution in [2.24, 2.45) is 0 Å². The monoisotopic (exact) mass is 389 g/mol. The Morgan fingerprint density at radius 1 is 0.893 bits per heavy atom. The van der Waals surface area contributed by atoms with Crippen molar-refractivity contribution < 1.29 is 27.8 Å². The molecule has 0 atom stereocenters. The van der Waals surface area contributed by atoms with Gasteiger partial charge in [0.05, 0.1) is 5.56 Å². The molecular weight excluding hydrogens is 375 g/mol. The van der Waals surface area contributed by atoms with Crippen molar-refractivity contribution in [1.82, 2.24) is 4.98 Å². The van der Waals surface area contributed by atoms with E-state index in [1.54, 1.807) is 48.8 Å². The predicted octanol–water partition coefficient (Wildman–Crippen LogP) is 5.24. The normalized spacial score (nSPS) is 11.0. The van der Waals surface area contributed by atoms with E-state index in [-0.39, 0.29) is 5.69 Å². The summed E-state index contributed by atoms with van der Waals surface area (Å²) in [5, 5.41) is 14.1. The summed E-state index contributed by atoms with van der Waals surface area (Å²) in [7, 11) is 0. The van der Waals surface area contributed by atoms with E-state index in [1.807, 2.05) is 0 Å². The number of carbonyl (C=O) groups excluding carboxylic acids is 1. The summed E-state index contributed by atoms with van der Waals surface area (Å²) in [6, 6.07) is 11.7. The number of nitrogens with zero attached hydrogens (tertiary/aromatic N) is 1. The van der Waals surface area contributed by atoms with E-state index in [4.69, 9.17) is 4.74 Å². The lowest BCUT2D eigenvalue weighted by molar-refractivity contribution is -0.138. The Balaban J connectivity index is 1.62. The van der Waals surface area contributed by atoms with Gasteiger partial charge in [0.2, 0.25) is 0 Å². The van der Waals surface area contributed by atoms with Gasteiger partial charge in [-0.2, -0.15) is 13.2 Å². The second kappa shape index (κ2) is 7.87. The standard InChI is InChI=1S/C19H14F3N3O3/c20-19(21,22)16-11-13(3-6-17(16)26)25-18(27)24-12-1-4-14(5-2-12)28-15-7-9-23-10-8-15/h1-11,26H,(H2,24,25,27). The van der Waals surface area contributed by atoms with Gasteiger partial charge >= 0.3 is 12.2 Å². The van der Waals surface area contributed by atoms with E-state index in [9.17, 15) is 23.1 Å². The number of hydrogen-bond acceptors (Lipinski definition) is 4. The van der Waals surface area contributed by atoms with Crippen LogP contribution in [0.4, 0.5) is 29.3 Å². The highest BCUT2D eigenvalue weighted by atomic mass is 19.4. The van der Waals surface area contributed by atoms with Crippen LogP contribution < -0.4 is 15.4 Å². The maximum atomic E-state index is 12.8. The van der Waals surface area contributed by atoms with Crippen molar-refractivity contribution in [3.8, 4) is 17.2 Å². The molecule has 0 spiro atoms. The highest BCUT2D eigenvalue weighted by Gasteiger charge is 2.34. The van der Waals surface area contributed by atoms with Crippen molar-refractivity contribution in [2.45, 2.75) is 6.18 Å². The molecule has 3 rings (SSSR count). The Hall–Kier alpha value is -3.75. The number of aromatic hydroxyl groups is 1. The van der Waals surface area contributed by atoms with Crippen LogP contribution in [0, 0.1) is 0 Å². The molecule has 28 heavy (non-hydrogen) atoms. The number of hydrogen-bond donors (Lipinski definition) is 3. The number of amides is 2. The molecule has 2 amide bonds. The van der Waals surface area contributed by atoms with Crippen LogP contribution in [0.25, 0.3) is 0 Å². The summed E-state index contributed by atoms with van der Waals surface area (Å²) >= 11 is 0. The number of rotatable bonds is 4. The van der Waals surface area contributed by atoms with Crippen LogP contribution in [-0.4, -0.2) is 16.1 Å². The summed E-state index contributed by atoms with van der Waals surface area (Å²) in [6.07, 6.45) is -1.56. The van der Waals surface area contributed by atoms with Crippen LogP contribution in [0.1, 0.15) is 5.56 Å². The smallest absolute Gasteiger partial charge is 0.420 e. The van der Waals surface area contributed by atoms with Gasteiger partial charge in [0.1, 0.15) is 17.2 Å². The van der Waals surface area contributed by atoms with Crippen molar-refractivity contribution in [2.75, 3.05) is 10.6 Å². The lowest BCUT2D eigenvalue weighted by atomic mass is 10.1. The number of pyridine rings is 1. The number of alkyl halides is 3. The SMILES string of the molecule is O=C(Nc1ccc(Oc2ccncc2)cc1)Nc1ccc(O)c(C(F)(F)F)c1. The Kier molecular flexibility index (Phi) is 5.35. The molecule has 0 unspecified atom stereocenters. The van der Waals surface area contributed by atoms with Crippen LogP contribution in [0.3, 0.4) is 0 Å². The van der Waals surface area contributed by atoms with E-state index < -0.39 is 23.5 Å². The fourth-order valence-electron chi connectivity index (χ4n) is 2.28. The molecule has 0 aliphatic rings. The van der Waals surface area contributed by atoms with Gasteiger partial charge in [-0.05, 0) is 54.6 Å². The molecule has 1 aromatic heterocycles. The fraction of sp³-hybridized carbons (Fsp3) is 0.0526. The molecule has 9 heteroatoms. The molecule has 3 aromatic rings. The molecule has 1 heterocycles. The average Bonchev–Trinajstić information content (AvgIpc) is 2.65. The first kappa shape index (κ1) is 19.0. The number of anilines is 2. The maximum absolute atomic E-state index is 12.8. The first-order valence-corrected chi connectivity index (χ1v) is 7.97. The molecule has 3 N–H and O–H groups in total. The number of ether oxygens (including phenoxy) is 1. The summed E-state index contributed by atoms with van der Waals surface area (Å²) in [6.45, 7) is 0. The minimum absolute atomic E-state index is 0.111. The topological polar surface area (TPSA) is 83.5 Å². The lowest BCUT2D eigenvalue weighted by Gasteiger charge is -2.12. The maximum Gasteiger partial charge on any atom is 0.420 e. The summed E-state index contributed by atoms with van der Waals surface area (Å²) in [5.41, 5.74) is -0.933. The van der Waals surface area contributed by atoms with Gasteiger partial charge < -0.3 is 20.5 Å². The minimum Gasteiger partial charge on any atom is -0.507 e. The van der Waals surface area contributed by atoms with Gasteiger partial charge in [0.15, 0.2) is 0 Å². The summed E-state index contributed by atoms with van der Waals surface area (Å²) < 4.78 is 44.0. The largest absolute Gasteiger partial charge is 0.507 e. The average molecular weight is 389 g/mol. The van der Waals surface area contributed by atoms with E-state index in [2.05, 4.69) is 15.6 Å². The van der Waals surface area contributed by atoms with Gasteiger partial charge in [0, 0.05) is 23.8 Å². The van der Waals surface area contributed by atoms with E-state index in [1.165, 1.54) is 0 Å². The Bertz CT molecular complexity index is 962. The number of aromatic nitrogens is 1. The first-order valence-electron chi connectivity index (χ1n) is 7.97. The van der Waals surface area contributed by atoms with Crippen molar-refractivity contribution >= 4 is 17.4 Å². The third kappa shape index (κ3) is 4.91. The lowest BCUT2D eigenvalue weighted by Crippen LogP contribution is -2.19. The molecule has 6 nitrogen and oxygen atoms in total. The number of urea groups is 1. The van der Waals surface area contributed by atoms with Crippen LogP contribution in [0.15, 0.2) is 67.0 Å². The number of phenols is 1. The summed E-state index contributed by atoms with van der Waals surface area (Å²) in [5.74, 6) is 0.218. The van der Waals surface area contributed by atoms with Crippen LogP contribution >= 0.6 is 0 Å². The van der Waals surface area contributed by atoms with Gasteiger partial charge in [-0.1, -0.05) is 0 Å². The molecule has 0 fully saturated rings. The first-order chi connectivity index (χ1) is 13.3. The number of nitrogens with one attached hydrogen (secondary N) is 2. The Morgan fingerprint density at radius 3 is 2.11 bits per heavy atom. The van der Waals surface area contributed by atoms with Crippen molar-refractivity contribution in [3.63, 3.8) is 0 Å². The highest BCUT2D eigenvalue weighted by Crippen LogP contribution is 2.37. The molecule has 0 aliphatic heterocycles. The van der Waals surface area contributed by atoms with Gasteiger partial charge in [-0.25, -0.2) is 4.79 Å². The molecule has 0 radical (unpaired) electrons. The fourth-order valence-corrected chi connectivity index (χ4v) is 2.28. The minimum atomic E-state index is -4.73. The van der Waals surface area contributed by atoms with Gasteiger partial charge in [-0.15, -0.1) is 0 Å². The Morgan fingerprint density at radius 2 is 1.46 bits per heavy atom. The van der Waals surface area contributed by atoms with Crippen molar-refractivity contribution in [1.29, 1.82) is 0 Å². The highest BCUT2D eigenvalue weighted by molar-refractivity contribution is 5.99.